The lowest BCUT2D eigenvalue weighted by atomic mass is 10.1. The highest BCUT2D eigenvalue weighted by atomic mass is 35.5. The molecule has 1 saturated heterocycles. The van der Waals surface area contributed by atoms with E-state index in [1.807, 2.05) is 24.3 Å². The number of hydrogen-bond acceptors (Lipinski definition) is 3. The van der Waals surface area contributed by atoms with E-state index in [0.29, 0.717) is 17.3 Å². The van der Waals surface area contributed by atoms with Crippen molar-refractivity contribution in [2.45, 2.75) is 18.9 Å². The van der Waals surface area contributed by atoms with Gasteiger partial charge in [0.1, 0.15) is 5.75 Å². The number of likely N-dealkylation sites (tertiary alicyclic amines) is 1. The summed E-state index contributed by atoms with van der Waals surface area (Å²) in [5, 5.41) is 6.31. The number of amides is 2. The zero-order chi connectivity index (χ0) is 18.4. The quantitative estimate of drug-likeness (QED) is 0.793. The summed E-state index contributed by atoms with van der Waals surface area (Å²) in [5.41, 5.74) is 1.78. The summed E-state index contributed by atoms with van der Waals surface area (Å²) in [5.74, 6) is 0.832. The van der Waals surface area contributed by atoms with Gasteiger partial charge in [0.2, 0.25) is 0 Å². The Bertz CT molecular complexity index is 730. The van der Waals surface area contributed by atoms with Crippen LogP contribution in [-0.2, 0) is 0 Å². The monoisotopic (exact) mass is 373 g/mol. The topological polar surface area (TPSA) is 53.6 Å². The van der Waals surface area contributed by atoms with Crippen molar-refractivity contribution < 1.29 is 9.53 Å². The molecular formula is C20H24ClN3O2. The second-order valence-corrected chi connectivity index (χ2v) is 6.75. The summed E-state index contributed by atoms with van der Waals surface area (Å²) >= 11 is 6.10. The van der Waals surface area contributed by atoms with Crippen molar-refractivity contribution in [1.82, 2.24) is 10.2 Å². The number of rotatable bonds is 6. The Kier molecular flexibility index (Phi) is 6.36. The zero-order valence-electron chi connectivity index (χ0n) is 14.9. The van der Waals surface area contributed by atoms with Gasteiger partial charge in [0.05, 0.1) is 23.9 Å². The molecule has 0 saturated carbocycles. The van der Waals surface area contributed by atoms with Crippen molar-refractivity contribution in [3.63, 3.8) is 0 Å². The van der Waals surface area contributed by atoms with E-state index in [9.17, 15) is 4.79 Å². The van der Waals surface area contributed by atoms with E-state index in [0.717, 1.165) is 18.8 Å². The zero-order valence-corrected chi connectivity index (χ0v) is 15.6. The molecule has 0 unspecified atom stereocenters. The molecule has 1 atom stereocenters. The van der Waals surface area contributed by atoms with Gasteiger partial charge in [0.25, 0.3) is 0 Å². The molecule has 2 N–H and O–H groups in total. The lowest BCUT2D eigenvalue weighted by Gasteiger charge is -2.28. The molecule has 5 nitrogen and oxygen atoms in total. The van der Waals surface area contributed by atoms with E-state index < -0.39 is 0 Å². The van der Waals surface area contributed by atoms with Crippen molar-refractivity contribution in [3.8, 4) is 5.75 Å². The average Bonchev–Trinajstić information content (AvgIpc) is 3.19. The van der Waals surface area contributed by atoms with Gasteiger partial charge in [-0.05, 0) is 55.8 Å². The normalized spacial score (nSPS) is 15.5. The molecule has 2 aromatic rings. The van der Waals surface area contributed by atoms with Crippen LogP contribution < -0.4 is 15.4 Å². The number of nitrogens with one attached hydrogen (secondary N) is 2. The first-order valence-corrected chi connectivity index (χ1v) is 9.22. The predicted molar refractivity (Wildman–Crippen MR) is 105 cm³/mol. The van der Waals surface area contributed by atoms with Crippen LogP contribution in [0.25, 0.3) is 0 Å². The Labute approximate surface area is 159 Å². The van der Waals surface area contributed by atoms with Gasteiger partial charge in [0, 0.05) is 6.54 Å². The van der Waals surface area contributed by atoms with Gasteiger partial charge >= 0.3 is 6.03 Å². The highest BCUT2D eigenvalue weighted by Gasteiger charge is 2.24. The number of benzene rings is 2. The van der Waals surface area contributed by atoms with Crippen molar-refractivity contribution in [2.75, 3.05) is 32.1 Å². The second-order valence-electron chi connectivity index (χ2n) is 6.35. The van der Waals surface area contributed by atoms with Crippen LogP contribution in [0.4, 0.5) is 10.5 Å². The van der Waals surface area contributed by atoms with Gasteiger partial charge in [-0.15, -0.1) is 0 Å². The third-order valence-electron chi connectivity index (χ3n) is 4.66. The number of nitrogens with zero attached hydrogens (tertiary/aromatic N) is 1. The minimum absolute atomic E-state index is 0.139. The lowest BCUT2D eigenvalue weighted by Crippen LogP contribution is -2.38. The Hall–Kier alpha value is -2.24. The van der Waals surface area contributed by atoms with Gasteiger partial charge in [-0.1, -0.05) is 35.9 Å². The van der Waals surface area contributed by atoms with Gasteiger partial charge in [-0.3, -0.25) is 4.90 Å². The first-order valence-electron chi connectivity index (χ1n) is 8.85. The molecule has 3 rings (SSSR count). The molecule has 1 aliphatic heterocycles. The van der Waals surface area contributed by atoms with Gasteiger partial charge in [-0.25, -0.2) is 4.79 Å². The van der Waals surface area contributed by atoms with Crippen LogP contribution in [0.3, 0.4) is 0 Å². The molecule has 0 aliphatic carbocycles. The van der Waals surface area contributed by atoms with Crippen molar-refractivity contribution in [2.24, 2.45) is 0 Å². The average molecular weight is 374 g/mol. The second kappa shape index (κ2) is 8.92. The fraction of sp³-hybridized carbons (Fsp3) is 0.350. The van der Waals surface area contributed by atoms with Crippen LogP contribution in [0.1, 0.15) is 24.4 Å². The first-order chi connectivity index (χ1) is 12.7. The molecule has 0 spiro atoms. The molecule has 0 aromatic heterocycles. The first kappa shape index (κ1) is 18.5. The summed E-state index contributed by atoms with van der Waals surface area (Å²) in [7, 11) is 1.66. The molecule has 1 fully saturated rings. The summed E-state index contributed by atoms with van der Waals surface area (Å²) in [4.78, 5) is 14.7. The number of anilines is 1. The number of hydrogen-bond donors (Lipinski definition) is 2. The summed E-state index contributed by atoms with van der Waals surface area (Å²) < 4.78 is 5.24. The molecule has 138 valence electrons. The third kappa shape index (κ3) is 4.68. The maximum absolute atomic E-state index is 12.3. The number of carbonyl (C=O) groups excluding carboxylic acids is 1. The molecule has 6 heteroatoms. The number of halogens is 1. The van der Waals surface area contributed by atoms with E-state index in [1.165, 1.54) is 18.4 Å². The Morgan fingerprint density at radius 2 is 1.85 bits per heavy atom. The Morgan fingerprint density at radius 3 is 2.50 bits per heavy atom. The number of carbonyl (C=O) groups is 1. The molecule has 0 bridgehead atoms. The van der Waals surface area contributed by atoms with Crippen LogP contribution in [0.15, 0.2) is 48.5 Å². The molecule has 26 heavy (non-hydrogen) atoms. The van der Waals surface area contributed by atoms with E-state index in [2.05, 4.69) is 27.7 Å². The van der Waals surface area contributed by atoms with Crippen LogP contribution in [0, 0.1) is 0 Å². The predicted octanol–water partition coefficient (Wildman–Crippen LogP) is 4.31. The molecule has 1 aliphatic rings. The Morgan fingerprint density at radius 1 is 1.15 bits per heavy atom. The number of ether oxygens (including phenoxy) is 1. The maximum Gasteiger partial charge on any atom is 0.319 e. The molecule has 2 amide bonds. The number of urea groups is 1. The molecular weight excluding hydrogens is 350 g/mol. The summed E-state index contributed by atoms with van der Waals surface area (Å²) in [6, 6.07) is 15.1. The lowest BCUT2D eigenvalue weighted by molar-refractivity contribution is 0.227. The number of para-hydroxylation sites is 1. The molecule has 2 aromatic carbocycles. The van der Waals surface area contributed by atoms with Crippen LogP contribution in [0.5, 0.6) is 5.75 Å². The standard InChI is InChI=1S/C20H24ClN3O2/c1-26-16-10-8-15(9-11-16)19(24-12-4-5-13-24)14-22-20(25)23-18-7-3-2-6-17(18)21/h2-3,6-11,19H,4-5,12-14H2,1H3,(H2,22,23,25)/t19-/m0/s1. The summed E-state index contributed by atoms with van der Waals surface area (Å²) in [6.07, 6.45) is 2.39. The summed E-state index contributed by atoms with van der Waals surface area (Å²) in [6.45, 7) is 2.62. The molecule has 0 radical (unpaired) electrons. The highest BCUT2D eigenvalue weighted by Crippen LogP contribution is 2.26. The fourth-order valence-electron chi connectivity index (χ4n) is 3.26. The van der Waals surface area contributed by atoms with Crippen LogP contribution in [-0.4, -0.2) is 37.7 Å². The van der Waals surface area contributed by atoms with Crippen molar-refractivity contribution >= 4 is 23.3 Å². The van der Waals surface area contributed by atoms with Gasteiger partial charge in [-0.2, -0.15) is 0 Å². The van der Waals surface area contributed by atoms with Crippen molar-refractivity contribution in [3.05, 3.63) is 59.1 Å². The minimum atomic E-state index is -0.254. The highest BCUT2D eigenvalue weighted by molar-refractivity contribution is 6.33. The van der Waals surface area contributed by atoms with Crippen LogP contribution >= 0.6 is 11.6 Å². The van der Waals surface area contributed by atoms with E-state index in [4.69, 9.17) is 16.3 Å². The third-order valence-corrected chi connectivity index (χ3v) is 4.99. The van der Waals surface area contributed by atoms with Gasteiger partial charge < -0.3 is 15.4 Å². The van der Waals surface area contributed by atoms with Crippen molar-refractivity contribution in [1.29, 1.82) is 0 Å². The maximum atomic E-state index is 12.3. The smallest absolute Gasteiger partial charge is 0.319 e. The Balaban J connectivity index is 1.65. The van der Waals surface area contributed by atoms with Crippen LogP contribution in [0.2, 0.25) is 5.02 Å². The largest absolute Gasteiger partial charge is 0.497 e. The minimum Gasteiger partial charge on any atom is -0.497 e. The number of methoxy groups -OCH3 is 1. The molecule has 1 heterocycles. The SMILES string of the molecule is COc1ccc([C@H](CNC(=O)Nc2ccccc2Cl)N2CCCC2)cc1. The van der Waals surface area contributed by atoms with E-state index in [-0.39, 0.29) is 12.1 Å². The van der Waals surface area contributed by atoms with Gasteiger partial charge in [0.15, 0.2) is 0 Å². The van der Waals surface area contributed by atoms with E-state index >= 15 is 0 Å². The fourth-order valence-corrected chi connectivity index (χ4v) is 3.44. The van der Waals surface area contributed by atoms with E-state index in [1.54, 1.807) is 19.2 Å².